The van der Waals surface area contributed by atoms with E-state index >= 15 is 0 Å². The second-order valence-corrected chi connectivity index (χ2v) is 7.66. The van der Waals surface area contributed by atoms with E-state index in [-0.39, 0.29) is 34.8 Å². The highest BCUT2D eigenvalue weighted by Gasteiger charge is 2.31. The molecule has 0 unspecified atom stereocenters. The molecular weight excluding hydrogens is 421 g/mol. The lowest BCUT2D eigenvalue weighted by Crippen LogP contribution is -2.41. The van der Waals surface area contributed by atoms with Gasteiger partial charge in [-0.15, -0.1) is 0 Å². The molecule has 2 aromatic carbocycles. The number of nitrogens with zero attached hydrogens (tertiary/aromatic N) is 1. The van der Waals surface area contributed by atoms with Crippen LogP contribution in [0.25, 0.3) is 11.3 Å². The van der Waals surface area contributed by atoms with Gasteiger partial charge in [0, 0.05) is 30.3 Å². The summed E-state index contributed by atoms with van der Waals surface area (Å²) in [5, 5.41) is 2.88. The Morgan fingerprint density at radius 1 is 0.938 bits per heavy atom. The molecule has 3 aromatic rings. The number of nitrogens with one attached hydrogen (secondary N) is 1. The number of halogens is 3. The maximum absolute atomic E-state index is 13.0. The van der Waals surface area contributed by atoms with Crippen LogP contribution >= 0.6 is 0 Å². The lowest BCUT2D eigenvalue weighted by atomic mass is 9.95. The molecule has 4 rings (SSSR count). The predicted octanol–water partition coefficient (Wildman–Crippen LogP) is 5.46. The van der Waals surface area contributed by atoms with Crippen LogP contribution in [0.5, 0.6) is 0 Å². The van der Waals surface area contributed by atoms with E-state index in [2.05, 4.69) is 5.32 Å². The molecule has 0 aliphatic carbocycles. The van der Waals surface area contributed by atoms with Crippen LogP contribution in [0, 0.1) is 5.92 Å². The van der Waals surface area contributed by atoms with Crippen LogP contribution in [0.2, 0.25) is 0 Å². The fourth-order valence-corrected chi connectivity index (χ4v) is 3.72. The van der Waals surface area contributed by atoms with Gasteiger partial charge < -0.3 is 14.6 Å². The van der Waals surface area contributed by atoms with E-state index < -0.39 is 11.7 Å². The highest BCUT2D eigenvalue weighted by molar-refractivity contribution is 5.94. The van der Waals surface area contributed by atoms with Crippen LogP contribution in [-0.4, -0.2) is 29.8 Å². The molecule has 1 N–H and O–H groups in total. The van der Waals surface area contributed by atoms with E-state index in [9.17, 15) is 22.8 Å². The molecule has 32 heavy (non-hydrogen) atoms. The lowest BCUT2D eigenvalue weighted by Gasteiger charge is -2.30. The van der Waals surface area contributed by atoms with Crippen molar-refractivity contribution in [2.75, 3.05) is 18.4 Å². The van der Waals surface area contributed by atoms with Gasteiger partial charge in [0.25, 0.3) is 5.91 Å². The fraction of sp³-hybridized carbons (Fsp3) is 0.250. The molecule has 166 valence electrons. The molecule has 1 saturated heterocycles. The number of rotatable bonds is 4. The Morgan fingerprint density at radius 3 is 2.34 bits per heavy atom. The topological polar surface area (TPSA) is 62.6 Å². The van der Waals surface area contributed by atoms with Gasteiger partial charge in [0.2, 0.25) is 5.91 Å². The first-order valence-electron chi connectivity index (χ1n) is 10.2. The third kappa shape index (κ3) is 4.85. The summed E-state index contributed by atoms with van der Waals surface area (Å²) in [5.41, 5.74) is 0.194. The molecule has 2 heterocycles. The zero-order valence-corrected chi connectivity index (χ0v) is 17.1. The number of carbonyl (C=O) groups excluding carboxylic acids is 2. The minimum Gasteiger partial charge on any atom is -0.451 e. The maximum Gasteiger partial charge on any atom is 0.416 e. The van der Waals surface area contributed by atoms with Crippen LogP contribution in [0.1, 0.15) is 29.0 Å². The van der Waals surface area contributed by atoms with Crippen molar-refractivity contribution in [3.05, 3.63) is 78.1 Å². The minimum atomic E-state index is -4.46. The molecule has 2 amide bonds. The third-order valence-corrected chi connectivity index (χ3v) is 5.49. The highest BCUT2D eigenvalue weighted by Crippen LogP contribution is 2.33. The molecular formula is C24H21F3N2O3. The first-order chi connectivity index (χ1) is 15.3. The SMILES string of the molecule is O=C(Nc1ccccc1)C1CCN(C(=O)c2ccc(-c3cccc(C(F)(F)F)c3)o2)CC1. The van der Waals surface area contributed by atoms with Gasteiger partial charge in [0.05, 0.1) is 5.56 Å². The number of para-hydroxylation sites is 1. The average molecular weight is 442 g/mol. The van der Waals surface area contributed by atoms with Gasteiger partial charge in [-0.25, -0.2) is 0 Å². The monoisotopic (exact) mass is 442 g/mol. The van der Waals surface area contributed by atoms with Gasteiger partial charge >= 0.3 is 6.18 Å². The number of likely N-dealkylation sites (tertiary alicyclic amines) is 1. The smallest absolute Gasteiger partial charge is 0.416 e. The number of piperidine rings is 1. The Labute approximate surface area is 182 Å². The first-order valence-corrected chi connectivity index (χ1v) is 10.2. The van der Waals surface area contributed by atoms with Crippen LogP contribution in [0.4, 0.5) is 18.9 Å². The lowest BCUT2D eigenvalue weighted by molar-refractivity contribution is -0.137. The summed E-state index contributed by atoms with van der Waals surface area (Å²) in [6.45, 7) is 0.788. The Hall–Kier alpha value is -3.55. The summed E-state index contributed by atoms with van der Waals surface area (Å²) < 4.78 is 44.4. The molecule has 0 atom stereocenters. The quantitative estimate of drug-likeness (QED) is 0.584. The standard InChI is InChI=1S/C24H21F3N2O3/c25-24(26,27)18-6-4-5-17(15-18)20-9-10-21(32-20)23(31)29-13-11-16(12-14-29)22(30)28-19-7-2-1-3-8-19/h1-10,15-16H,11-14H2,(H,28,30). The second-order valence-electron chi connectivity index (χ2n) is 7.66. The molecule has 0 spiro atoms. The van der Waals surface area contributed by atoms with E-state index in [1.165, 1.54) is 24.3 Å². The molecule has 0 radical (unpaired) electrons. The molecule has 0 bridgehead atoms. The molecule has 1 aliphatic heterocycles. The average Bonchev–Trinajstić information content (AvgIpc) is 3.29. The van der Waals surface area contributed by atoms with Gasteiger partial charge in [-0.05, 0) is 49.2 Å². The van der Waals surface area contributed by atoms with Crippen LogP contribution in [0.15, 0.2) is 71.1 Å². The van der Waals surface area contributed by atoms with E-state index in [4.69, 9.17) is 4.42 Å². The molecule has 1 aromatic heterocycles. The van der Waals surface area contributed by atoms with Crippen molar-refractivity contribution in [2.24, 2.45) is 5.92 Å². The summed E-state index contributed by atoms with van der Waals surface area (Å²) in [6.07, 6.45) is -3.42. The molecule has 8 heteroatoms. The van der Waals surface area contributed by atoms with Crippen molar-refractivity contribution in [1.82, 2.24) is 4.90 Å². The van der Waals surface area contributed by atoms with Crippen molar-refractivity contribution in [3.63, 3.8) is 0 Å². The number of alkyl halides is 3. The minimum absolute atomic E-state index is 0.0598. The Balaban J connectivity index is 1.37. The van der Waals surface area contributed by atoms with E-state index in [0.29, 0.717) is 25.9 Å². The van der Waals surface area contributed by atoms with Crippen molar-refractivity contribution in [3.8, 4) is 11.3 Å². The Kier molecular flexibility index (Phi) is 6.03. The van der Waals surface area contributed by atoms with Crippen LogP contribution in [-0.2, 0) is 11.0 Å². The number of hydrogen-bond acceptors (Lipinski definition) is 3. The summed E-state index contributed by atoms with van der Waals surface area (Å²) >= 11 is 0. The number of benzene rings is 2. The van der Waals surface area contributed by atoms with Gasteiger partial charge in [-0.3, -0.25) is 9.59 Å². The molecule has 0 saturated carbocycles. The molecule has 5 nitrogen and oxygen atoms in total. The summed E-state index contributed by atoms with van der Waals surface area (Å²) in [6, 6.07) is 16.9. The Morgan fingerprint density at radius 2 is 1.66 bits per heavy atom. The van der Waals surface area contributed by atoms with Crippen molar-refractivity contribution in [2.45, 2.75) is 19.0 Å². The second kappa shape index (κ2) is 8.90. The number of carbonyl (C=O) groups is 2. The number of anilines is 1. The number of amides is 2. The number of furan rings is 1. The summed E-state index contributed by atoms with van der Waals surface area (Å²) in [7, 11) is 0. The van der Waals surface area contributed by atoms with Crippen molar-refractivity contribution >= 4 is 17.5 Å². The largest absolute Gasteiger partial charge is 0.451 e. The third-order valence-electron chi connectivity index (χ3n) is 5.49. The zero-order chi connectivity index (χ0) is 22.7. The molecule has 1 fully saturated rings. The van der Waals surface area contributed by atoms with Crippen LogP contribution < -0.4 is 5.32 Å². The van der Waals surface area contributed by atoms with Crippen LogP contribution in [0.3, 0.4) is 0 Å². The predicted molar refractivity (Wildman–Crippen MR) is 113 cm³/mol. The molecule has 1 aliphatic rings. The van der Waals surface area contributed by atoms with Gasteiger partial charge in [0.15, 0.2) is 5.76 Å². The van der Waals surface area contributed by atoms with Gasteiger partial charge in [0.1, 0.15) is 5.76 Å². The first kappa shape index (κ1) is 21.7. The van der Waals surface area contributed by atoms with E-state index in [1.807, 2.05) is 30.3 Å². The summed E-state index contributed by atoms with van der Waals surface area (Å²) in [4.78, 5) is 26.8. The fourth-order valence-electron chi connectivity index (χ4n) is 3.72. The normalized spacial score (nSPS) is 14.9. The van der Waals surface area contributed by atoms with Gasteiger partial charge in [-0.1, -0.05) is 30.3 Å². The van der Waals surface area contributed by atoms with E-state index in [1.54, 1.807) is 4.90 Å². The van der Waals surface area contributed by atoms with Crippen molar-refractivity contribution in [1.29, 1.82) is 0 Å². The maximum atomic E-state index is 13.0. The Bertz CT molecular complexity index is 1100. The van der Waals surface area contributed by atoms with E-state index in [0.717, 1.165) is 17.8 Å². The zero-order valence-electron chi connectivity index (χ0n) is 17.1. The van der Waals surface area contributed by atoms with Crippen molar-refractivity contribution < 1.29 is 27.2 Å². The highest BCUT2D eigenvalue weighted by atomic mass is 19.4. The summed E-state index contributed by atoms with van der Waals surface area (Å²) in [5.74, 6) is -0.365. The number of hydrogen-bond donors (Lipinski definition) is 1. The van der Waals surface area contributed by atoms with Gasteiger partial charge in [-0.2, -0.15) is 13.2 Å².